The lowest BCUT2D eigenvalue weighted by Crippen LogP contribution is -2.10. The number of carbonyl (C=O) groups is 1. The smallest absolute Gasteiger partial charge is 0.265 e. The number of benzene rings is 2. The van der Waals surface area contributed by atoms with Crippen molar-refractivity contribution in [2.24, 2.45) is 0 Å². The minimum absolute atomic E-state index is 0.179. The van der Waals surface area contributed by atoms with Gasteiger partial charge < -0.3 is 14.8 Å². The van der Waals surface area contributed by atoms with E-state index in [2.05, 4.69) is 27.5 Å². The summed E-state index contributed by atoms with van der Waals surface area (Å²) in [6, 6.07) is 21.2. The molecule has 0 bridgehead atoms. The first-order valence-corrected chi connectivity index (χ1v) is 11.9. The molecule has 35 heavy (non-hydrogen) atoms. The van der Waals surface area contributed by atoms with Crippen molar-refractivity contribution in [2.45, 2.75) is 20.1 Å². The van der Waals surface area contributed by atoms with Crippen LogP contribution >= 0.6 is 11.3 Å². The highest BCUT2D eigenvalue weighted by molar-refractivity contribution is 7.20. The van der Waals surface area contributed by atoms with E-state index in [4.69, 9.17) is 9.47 Å². The van der Waals surface area contributed by atoms with E-state index in [-0.39, 0.29) is 5.91 Å². The number of hydrogen-bond acceptors (Lipinski definition) is 6. The average Bonchev–Trinajstić information content (AvgIpc) is 3.45. The Bertz CT molecular complexity index is 1460. The molecule has 1 N–H and O–H groups in total. The summed E-state index contributed by atoms with van der Waals surface area (Å²) in [5, 5.41) is 8.64. The van der Waals surface area contributed by atoms with Gasteiger partial charge in [-0.25, -0.2) is 0 Å². The number of carbonyl (C=O) groups excluding carboxylic acids is 1. The summed E-state index contributed by atoms with van der Waals surface area (Å²) < 4.78 is 13.3. The van der Waals surface area contributed by atoms with Crippen LogP contribution in [0.15, 0.2) is 79.1 Å². The quantitative estimate of drug-likeness (QED) is 0.306. The van der Waals surface area contributed by atoms with Crippen molar-refractivity contribution in [1.29, 1.82) is 0 Å². The second kappa shape index (κ2) is 9.99. The fourth-order valence-electron chi connectivity index (χ4n) is 3.79. The van der Waals surface area contributed by atoms with Crippen LogP contribution in [0.5, 0.6) is 11.5 Å². The van der Waals surface area contributed by atoms with Gasteiger partial charge in [0.05, 0.1) is 24.2 Å². The summed E-state index contributed by atoms with van der Waals surface area (Å²) in [5.41, 5.74) is 3.68. The number of rotatable bonds is 8. The minimum atomic E-state index is -0.179. The SMILES string of the molecule is COc1ccc(NC(=O)c2cc3c(C)nn(Cc4ccccc4)c3s2)cc1OCc1ccncc1. The topological polar surface area (TPSA) is 78.3 Å². The van der Waals surface area contributed by atoms with Crippen molar-refractivity contribution >= 4 is 33.1 Å². The molecule has 5 aromatic rings. The lowest BCUT2D eigenvalue weighted by molar-refractivity contribution is 0.103. The number of aryl methyl sites for hydroxylation is 1. The van der Waals surface area contributed by atoms with Crippen LogP contribution in [-0.2, 0) is 13.2 Å². The lowest BCUT2D eigenvalue weighted by Gasteiger charge is -2.13. The Hall–Kier alpha value is -4.17. The van der Waals surface area contributed by atoms with Crippen molar-refractivity contribution in [3.8, 4) is 11.5 Å². The molecule has 0 aliphatic rings. The number of aromatic nitrogens is 3. The standard InChI is InChI=1S/C27H24N4O3S/c1-18-22-15-25(35-27(22)31(30-18)16-19-6-4-3-5-7-19)26(32)29-21-8-9-23(33-2)24(14-21)34-17-20-10-12-28-13-11-20/h3-15H,16-17H2,1-2H3,(H,29,32). The van der Waals surface area contributed by atoms with Gasteiger partial charge in [0.1, 0.15) is 11.4 Å². The summed E-state index contributed by atoms with van der Waals surface area (Å²) in [5.74, 6) is 0.963. The van der Waals surface area contributed by atoms with E-state index in [1.165, 1.54) is 11.3 Å². The maximum atomic E-state index is 13.1. The van der Waals surface area contributed by atoms with Gasteiger partial charge in [0.2, 0.25) is 0 Å². The zero-order valence-corrected chi connectivity index (χ0v) is 20.2. The number of anilines is 1. The van der Waals surface area contributed by atoms with Crippen LogP contribution in [0.2, 0.25) is 0 Å². The van der Waals surface area contributed by atoms with Crippen LogP contribution < -0.4 is 14.8 Å². The second-order valence-electron chi connectivity index (χ2n) is 8.02. The highest BCUT2D eigenvalue weighted by Crippen LogP contribution is 2.33. The van der Waals surface area contributed by atoms with Gasteiger partial charge >= 0.3 is 0 Å². The van der Waals surface area contributed by atoms with E-state index in [0.29, 0.717) is 35.2 Å². The molecule has 1 amide bonds. The van der Waals surface area contributed by atoms with Gasteiger partial charge in [0.25, 0.3) is 5.91 Å². The van der Waals surface area contributed by atoms with E-state index in [1.54, 1.807) is 37.7 Å². The predicted octanol–water partition coefficient (Wildman–Crippen LogP) is 5.69. The number of methoxy groups -OCH3 is 1. The van der Waals surface area contributed by atoms with E-state index >= 15 is 0 Å². The maximum absolute atomic E-state index is 13.1. The Kier molecular flexibility index (Phi) is 6.45. The average molecular weight is 485 g/mol. The van der Waals surface area contributed by atoms with E-state index in [9.17, 15) is 4.79 Å². The first-order chi connectivity index (χ1) is 17.1. The van der Waals surface area contributed by atoms with Crippen LogP contribution in [0, 0.1) is 6.92 Å². The molecule has 0 saturated heterocycles. The molecule has 3 aromatic heterocycles. The molecule has 0 atom stereocenters. The third kappa shape index (κ3) is 5.02. The second-order valence-corrected chi connectivity index (χ2v) is 9.05. The molecule has 0 aliphatic heterocycles. The molecular weight excluding hydrogens is 460 g/mol. The van der Waals surface area contributed by atoms with Crippen LogP contribution in [0.25, 0.3) is 10.2 Å². The van der Waals surface area contributed by atoms with Crippen molar-refractivity contribution in [2.75, 3.05) is 12.4 Å². The van der Waals surface area contributed by atoms with E-state index in [1.807, 2.05) is 48.0 Å². The van der Waals surface area contributed by atoms with E-state index in [0.717, 1.165) is 27.0 Å². The molecular formula is C27H24N4O3S. The highest BCUT2D eigenvalue weighted by Gasteiger charge is 2.17. The molecule has 0 unspecified atom stereocenters. The summed E-state index contributed by atoms with van der Waals surface area (Å²) in [7, 11) is 1.59. The number of ether oxygens (including phenoxy) is 2. The number of amides is 1. The third-order valence-corrected chi connectivity index (χ3v) is 6.72. The zero-order chi connectivity index (χ0) is 24.2. The molecule has 7 nitrogen and oxygen atoms in total. The summed E-state index contributed by atoms with van der Waals surface area (Å²) >= 11 is 1.44. The first-order valence-electron chi connectivity index (χ1n) is 11.1. The van der Waals surface area contributed by atoms with Crippen LogP contribution in [0.4, 0.5) is 5.69 Å². The minimum Gasteiger partial charge on any atom is -0.493 e. The summed E-state index contributed by atoms with van der Waals surface area (Å²) in [6.45, 7) is 2.99. The fourth-order valence-corrected chi connectivity index (χ4v) is 4.84. The Morgan fingerprint density at radius 2 is 1.80 bits per heavy atom. The number of fused-ring (bicyclic) bond motifs is 1. The van der Waals surface area contributed by atoms with Gasteiger partial charge in [0.15, 0.2) is 11.5 Å². The Balaban J connectivity index is 1.34. The van der Waals surface area contributed by atoms with Crippen LogP contribution in [0.3, 0.4) is 0 Å². The van der Waals surface area contributed by atoms with Crippen LogP contribution in [0.1, 0.15) is 26.5 Å². The van der Waals surface area contributed by atoms with Crippen molar-refractivity contribution < 1.29 is 14.3 Å². The Morgan fingerprint density at radius 1 is 1.00 bits per heavy atom. The molecule has 5 rings (SSSR count). The molecule has 0 saturated carbocycles. The van der Waals surface area contributed by atoms with Crippen molar-refractivity contribution in [3.63, 3.8) is 0 Å². The van der Waals surface area contributed by atoms with Gasteiger partial charge in [-0.3, -0.25) is 14.5 Å². The largest absolute Gasteiger partial charge is 0.493 e. The molecule has 0 spiro atoms. The van der Waals surface area contributed by atoms with Gasteiger partial charge in [0, 0.05) is 29.5 Å². The summed E-state index contributed by atoms with van der Waals surface area (Å²) in [4.78, 5) is 18.7. The normalized spacial score (nSPS) is 10.9. The van der Waals surface area contributed by atoms with Gasteiger partial charge in [-0.05, 0) is 48.4 Å². The van der Waals surface area contributed by atoms with Gasteiger partial charge in [-0.1, -0.05) is 30.3 Å². The lowest BCUT2D eigenvalue weighted by atomic mass is 10.2. The molecule has 176 valence electrons. The molecule has 0 radical (unpaired) electrons. The fraction of sp³-hybridized carbons (Fsp3) is 0.148. The molecule has 8 heteroatoms. The first kappa shape index (κ1) is 22.6. The van der Waals surface area contributed by atoms with Crippen molar-refractivity contribution in [1.82, 2.24) is 14.8 Å². The number of thiophene rings is 1. The third-order valence-electron chi connectivity index (χ3n) is 5.57. The Morgan fingerprint density at radius 3 is 2.57 bits per heavy atom. The zero-order valence-electron chi connectivity index (χ0n) is 19.4. The number of pyridine rings is 1. The maximum Gasteiger partial charge on any atom is 0.265 e. The molecule has 3 heterocycles. The Labute approximate surface area is 207 Å². The number of hydrogen-bond donors (Lipinski definition) is 1. The predicted molar refractivity (Wildman–Crippen MR) is 137 cm³/mol. The molecule has 0 fully saturated rings. The molecule has 0 aliphatic carbocycles. The van der Waals surface area contributed by atoms with Gasteiger partial charge in [-0.15, -0.1) is 11.3 Å². The number of nitrogens with one attached hydrogen (secondary N) is 1. The van der Waals surface area contributed by atoms with Crippen molar-refractivity contribution in [3.05, 3.63) is 101 Å². The number of nitrogens with zero attached hydrogens (tertiary/aromatic N) is 3. The van der Waals surface area contributed by atoms with Gasteiger partial charge in [-0.2, -0.15) is 5.10 Å². The van der Waals surface area contributed by atoms with Crippen LogP contribution in [-0.4, -0.2) is 27.8 Å². The summed E-state index contributed by atoms with van der Waals surface area (Å²) in [6.07, 6.45) is 3.44. The monoisotopic (exact) mass is 484 g/mol. The highest BCUT2D eigenvalue weighted by atomic mass is 32.1. The van der Waals surface area contributed by atoms with E-state index < -0.39 is 0 Å². The molecule has 2 aromatic carbocycles.